The van der Waals surface area contributed by atoms with Crippen LogP contribution in [0.3, 0.4) is 0 Å². The Balaban J connectivity index is 3.18. The van der Waals surface area contributed by atoms with E-state index in [-0.39, 0.29) is 12.3 Å². The van der Waals surface area contributed by atoms with Gasteiger partial charge in [0.1, 0.15) is 7.11 Å². The first kappa shape index (κ1) is 12.2. The Morgan fingerprint density at radius 3 is 2.75 bits per heavy atom. The molecule has 0 amide bonds. The molecule has 86 valence electrons. The summed E-state index contributed by atoms with van der Waals surface area (Å²) in [4.78, 5) is 19.9. The van der Waals surface area contributed by atoms with Gasteiger partial charge in [0, 0.05) is 5.56 Å². The number of hydrogen-bond donors (Lipinski definition) is 2. The maximum absolute atomic E-state index is 11.0. The van der Waals surface area contributed by atoms with Crippen molar-refractivity contribution in [2.24, 2.45) is 11.1 Å². The second kappa shape index (κ2) is 5.84. The average molecular weight is 224 g/mol. The van der Waals surface area contributed by atoms with E-state index in [0.717, 1.165) is 0 Å². The first-order chi connectivity index (χ1) is 7.70. The monoisotopic (exact) mass is 224 g/mol. The van der Waals surface area contributed by atoms with E-state index in [1.165, 1.54) is 7.11 Å². The van der Waals surface area contributed by atoms with E-state index in [1.54, 1.807) is 24.3 Å². The van der Waals surface area contributed by atoms with Gasteiger partial charge < -0.3 is 9.94 Å². The van der Waals surface area contributed by atoms with Gasteiger partial charge >= 0.3 is 5.97 Å². The van der Waals surface area contributed by atoms with Crippen molar-refractivity contribution in [3.8, 4) is 0 Å². The molecule has 0 heterocycles. The molecule has 0 bridgehead atoms. The van der Waals surface area contributed by atoms with Gasteiger partial charge in [0.2, 0.25) is 0 Å². The van der Waals surface area contributed by atoms with Crippen LogP contribution in [0.15, 0.2) is 29.4 Å². The number of hydrogen-bond acceptors (Lipinski definition) is 5. The minimum atomic E-state index is -1.17. The molecular weight excluding hydrogens is 212 g/mol. The number of nitrogens with zero attached hydrogens (tertiary/aromatic N) is 1. The van der Waals surface area contributed by atoms with Gasteiger partial charge in [-0.2, -0.15) is 0 Å². The number of nitrogens with two attached hydrogens (primary N) is 1. The van der Waals surface area contributed by atoms with E-state index in [9.17, 15) is 4.79 Å². The third-order valence-corrected chi connectivity index (χ3v) is 1.90. The van der Waals surface area contributed by atoms with Crippen LogP contribution in [0.5, 0.6) is 0 Å². The van der Waals surface area contributed by atoms with Crippen molar-refractivity contribution in [3.63, 3.8) is 0 Å². The van der Waals surface area contributed by atoms with Gasteiger partial charge in [0.05, 0.1) is 6.61 Å². The molecule has 0 aliphatic rings. The summed E-state index contributed by atoms with van der Waals surface area (Å²) in [5, 5.41) is 12.4. The van der Waals surface area contributed by atoms with Gasteiger partial charge in [0.25, 0.3) is 0 Å². The predicted molar refractivity (Wildman–Crippen MR) is 56.6 cm³/mol. The topological polar surface area (TPSA) is 94.1 Å². The molecule has 0 aromatic heterocycles. The second-order valence-corrected chi connectivity index (χ2v) is 2.90. The van der Waals surface area contributed by atoms with Crippen LogP contribution in [0.2, 0.25) is 0 Å². The van der Waals surface area contributed by atoms with E-state index in [2.05, 4.69) is 14.8 Å². The summed E-state index contributed by atoms with van der Waals surface area (Å²) >= 11 is 0. The van der Waals surface area contributed by atoms with Gasteiger partial charge in [-0.3, -0.25) is 4.84 Å². The highest BCUT2D eigenvalue weighted by atomic mass is 16.6. The summed E-state index contributed by atoms with van der Waals surface area (Å²) in [6.45, 7) is 0.103. The third kappa shape index (κ3) is 2.78. The zero-order chi connectivity index (χ0) is 12.0. The average Bonchev–Trinajstić information content (AvgIpc) is 2.27. The number of rotatable bonds is 5. The molecule has 1 aromatic rings. The molecule has 6 heteroatoms. The number of benzene rings is 1. The van der Waals surface area contributed by atoms with Crippen LogP contribution < -0.4 is 5.90 Å². The van der Waals surface area contributed by atoms with Gasteiger partial charge in [-0.15, -0.1) is 0 Å². The summed E-state index contributed by atoms with van der Waals surface area (Å²) in [7, 11) is 1.28. The molecule has 0 spiro atoms. The molecule has 0 radical (unpaired) electrons. The van der Waals surface area contributed by atoms with Crippen LogP contribution in [0, 0.1) is 0 Å². The molecule has 3 N–H and O–H groups in total. The molecule has 0 unspecified atom stereocenters. The molecule has 16 heavy (non-hydrogen) atoms. The Morgan fingerprint density at radius 2 is 2.19 bits per heavy atom. The number of carboxylic acids is 1. The van der Waals surface area contributed by atoms with E-state index in [1.807, 2.05) is 0 Å². The minimum Gasteiger partial charge on any atom is -0.476 e. The van der Waals surface area contributed by atoms with Crippen molar-refractivity contribution in [2.45, 2.75) is 6.61 Å². The fourth-order valence-corrected chi connectivity index (χ4v) is 1.26. The lowest BCUT2D eigenvalue weighted by Crippen LogP contribution is -2.17. The number of carboxylic acid groups (broad SMARTS) is 1. The largest absolute Gasteiger partial charge is 0.476 e. The lowest BCUT2D eigenvalue weighted by atomic mass is 10.0. The minimum absolute atomic E-state index is 0.103. The zero-order valence-corrected chi connectivity index (χ0v) is 8.71. The highest BCUT2D eigenvalue weighted by Gasteiger charge is 2.16. The Morgan fingerprint density at radius 1 is 1.50 bits per heavy atom. The molecule has 1 aromatic carbocycles. The summed E-state index contributed by atoms with van der Waals surface area (Å²) in [5.74, 6) is 3.79. The maximum Gasteiger partial charge on any atom is 0.358 e. The first-order valence-electron chi connectivity index (χ1n) is 4.45. The summed E-state index contributed by atoms with van der Waals surface area (Å²) in [5.41, 5.74) is 0.862. The Kier molecular flexibility index (Phi) is 4.43. The number of oxime groups is 1. The number of carbonyl (C=O) groups is 1. The summed E-state index contributed by atoms with van der Waals surface area (Å²) in [6.07, 6.45) is 0. The Hall–Kier alpha value is -1.92. The summed E-state index contributed by atoms with van der Waals surface area (Å²) < 4.78 is 0. The van der Waals surface area contributed by atoms with Crippen molar-refractivity contribution in [1.82, 2.24) is 0 Å². The van der Waals surface area contributed by atoms with Gasteiger partial charge in [-0.1, -0.05) is 29.4 Å². The maximum atomic E-state index is 11.0. The quantitative estimate of drug-likeness (QED) is 0.561. The molecule has 1 rings (SSSR count). The lowest BCUT2D eigenvalue weighted by Gasteiger charge is -2.07. The van der Waals surface area contributed by atoms with Crippen molar-refractivity contribution in [1.29, 1.82) is 0 Å². The van der Waals surface area contributed by atoms with Crippen molar-refractivity contribution >= 4 is 11.7 Å². The fourth-order valence-electron chi connectivity index (χ4n) is 1.26. The van der Waals surface area contributed by atoms with Crippen molar-refractivity contribution < 1.29 is 19.6 Å². The molecule has 0 aliphatic carbocycles. The van der Waals surface area contributed by atoms with Crippen LogP contribution in [0.4, 0.5) is 0 Å². The van der Waals surface area contributed by atoms with E-state index in [4.69, 9.17) is 11.0 Å². The van der Waals surface area contributed by atoms with Crippen LogP contribution in [-0.2, 0) is 21.1 Å². The van der Waals surface area contributed by atoms with Crippen LogP contribution in [0.1, 0.15) is 11.1 Å². The Labute approximate surface area is 92.2 Å². The molecule has 6 nitrogen and oxygen atoms in total. The zero-order valence-electron chi connectivity index (χ0n) is 8.71. The van der Waals surface area contributed by atoms with Crippen molar-refractivity contribution in [2.75, 3.05) is 7.11 Å². The smallest absolute Gasteiger partial charge is 0.358 e. The number of aliphatic carboxylic acids is 1. The fraction of sp³-hybridized carbons (Fsp3) is 0.200. The van der Waals surface area contributed by atoms with Crippen LogP contribution >= 0.6 is 0 Å². The Bertz CT molecular complexity index is 404. The lowest BCUT2D eigenvalue weighted by molar-refractivity contribution is -0.129. The SMILES string of the molecule is CON=C(C(=O)O)c1ccccc1CON. The molecule has 0 saturated carbocycles. The predicted octanol–water partition coefficient (Wildman–Crippen LogP) is 0.512. The molecule has 0 atom stereocenters. The van der Waals surface area contributed by atoms with Gasteiger partial charge in [0.15, 0.2) is 5.71 Å². The van der Waals surface area contributed by atoms with Crippen LogP contribution in [-0.4, -0.2) is 23.9 Å². The van der Waals surface area contributed by atoms with Gasteiger partial charge in [-0.05, 0) is 5.56 Å². The summed E-state index contributed by atoms with van der Waals surface area (Å²) in [6, 6.07) is 6.77. The second-order valence-electron chi connectivity index (χ2n) is 2.90. The highest BCUT2D eigenvalue weighted by Crippen LogP contribution is 2.11. The molecule has 0 aliphatic heterocycles. The standard InChI is InChI=1S/C10H12N2O4/c1-15-12-9(10(13)14)8-5-3-2-4-7(8)6-16-11/h2-5H,6,11H2,1H3,(H,13,14). The van der Waals surface area contributed by atoms with Gasteiger partial charge in [-0.25, -0.2) is 10.7 Å². The first-order valence-corrected chi connectivity index (χ1v) is 4.45. The third-order valence-electron chi connectivity index (χ3n) is 1.90. The van der Waals surface area contributed by atoms with E-state index in [0.29, 0.717) is 11.1 Å². The molecule has 0 fully saturated rings. The van der Waals surface area contributed by atoms with E-state index >= 15 is 0 Å². The molecular formula is C10H12N2O4. The molecule has 0 saturated heterocycles. The normalized spacial score (nSPS) is 11.2. The van der Waals surface area contributed by atoms with Crippen molar-refractivity contribution in [3.05, 3.63) is 35.4 Å². The van der Waals surface area contributed by atoms with Crippen LogP contribution in [0.25, 0.3) is 0 Å². The van der Waals surface area contributed by atoms with E-state index < -0.39 is 5.97 Å². The highest BCUT2D eigenvalue weighted by molar-refractivity contribution is 6.42.